The van der Waals surface area contributed by atoms with Gasteiger partial charge >= 0.3 is 6.18 Å². The van der Waals surface area contributed by atoms with Crippen LogP contribution < -0.4 is 15.4 Å². The zero-order valence-corrected chi connectivity index (χ0v) is 21.6. The molecule has 5 rings (SSSR count). The molecule has 8 nitrogen and oxygen atoms in total. The van der Waals surface area contributed by atoms with Gasteiger partial charge in [-0.25, -0.2) is 9.97 Å². The van der Waals surface area contributed by atoms with Crippen molar-refractivity contribution in [1.82, 2.24) is 15.0 Å². The number of alkyl halides is 3. The maximum absolute atomic E-state index is 13.2. The molecule has 2 unspecified atom stereocenters. The van der Waals surface area contributed by atoms with Gasteiger partial charge in [0.25, 0.3) is 0 Å². The van der Waals surface area contributed by atoms with Crippen molar-refractivity contribution < 1.29 is 27.4 Å². The van der Waals surface area contributed by atoms with Crippen molar-refractivity contribution >= 4 is 38.5 Å². The van der Waals surface area contributed by atoms with Gasteiger partial charge in [-0.05, 0) is 31.4 Å². The Morgan fingerprint density at radius 1 is 1.29 bits per heavy atom. The average Bonchev–Trinajstić information content (AvgIpc) is 3.52. The van der Waals surface area contributed by atoms with E-state index in [2.05, 4.69) is 25.6 Å². The number of amides is 1. The van der Waals surface area contributed by atoms with Crippen LogP contribution in [0.15, 0.2) is 48.1 Å². The lowest BCUT2D eigenvalue weighted by Crippen LogP contribution is -2.26. The molecule has 1 amide bonds. The summed E-state index contributed by atoms with van der Waals surface area (Å²) >= 11 is 1.31. The number of carbonyl (C=O) groups excluding carboxylic acids is 1. The first-order chi connectivity index (χ1) is 18.1. The van der Waals surface area contributed by atoms with E-state index in [4.69, 9.17) is 9.47 Å². The number of nitrogens with zero attached hydrogens (tertiary/aromatic N) is 3. The second-order valence-corrected chi connectivity index (χ2v) is 10.5. The largest absolute Gasteiger partial charge is 0.437 e. The van der Waals surface area contributed by atoms with Gasteiger partial charge in [-0.2, -0.15) is 18.2 Å². The van der Waals surface area contributed by atoms with Crippen LogP contribution in [-0.2, 0) is 14.9 Å². The van der Waals surface area contributed by atoms with E-state index in [1.54, 1.807) is 18.2 Å². The number of benzene rings is 1. The van der Waals surface area contributed by atoms with Crippen LogP contribution in [0.1, 0.15) is 38.8 Å². The Labute approximate surface area is 221 Å². The van der Waals surface area contributed by atoms with E-state index in [-0.39, 0.29) is 30.3 Å². The van der Waals surface area contributed by atoms with Gasteiger partial charge in [0, 0.05) is 31.6 Å². The Morgan fingerprint density at radius 2 is 2.13 bits per heavy atom. The molecule has 0 saturated carbocycles. The van der Waals surface area contributed by atoms with Crippen LogP contribution in [0.4, 0.5) is 24.3 Å². The molecular weight excluding hydrogens is 519 g/mol. The molecule has 1 aliphatic carbocycles. The van der Waals surface area contributed by atoms with Crippen LogP contribution in [0.2, 0.25) is 0 Å². The van der Waals surface area contributed by atoms with Gasteiger partial charge in [0.2, 0.25) is 17.7 Å². The van der Waals surface area contributed by atoms with Crippen LogP contribution in [0.5, 0.6) is 11.6 Å². The lowest BCUT2D eigenvalue weighted by Gasteiger charge is -2.28. The standard InChI is InChI=1S/C26H26F3N5O3S/c1-15(35)31-24-34-22-18(6-3-7-19(22)38-24)37-21-13-20(25(2)10-8-16(9-11-25)26(27,28)29)32-23(33-21)30-14-17-5-4-12-36-17/h3,6-10,13,17H,4-5,11-12,14H2,1-2H3,(H,30,32,33)(H,31,34,35). The number of hydrogen-bond acceptors (Lipinski definition) is 8. The number of halogens is 3. The lowest BCUT2D eigenvalue weighted by molar-refractivity contribution is -0.114. The molecule has 0 spiro atoms. The van der Waals surface area contributed by atoms with Crippen molar-refractivity contribution in [1.29, 1.82) is 0 Å². The van der Waals surface area contributed by atoms with E-state index in [0.717, 1.165) is 23.6 Å². The predicted octanol–water partition coefficient (Wildman–Crippen LogP) is 6.13. The minimum Gasteiger partial charge on any atom is -0.437 e. The zero-order valence-electron chi connectivity index (χ0n) is 20.8. The topological polar surface area (TPSA) is 98.3 Å². The number of anilines is 2. The molecule has 2 atom stereocenters. The van der Waals surface area contributed by atoms with Crippen molar-refractivity contribution in [3.8, 4) is 11.6 Å². The van der Waals surface area contributed by atoms with Gasteiger partial charge in [0.05, 0.1) is 22.1 Å². The summed E-state index contributed by atoms with van der Waals surface area (Å²) in [5.74, 6) is 0.698. The second-order valence-electron chi connectivity index (χ2n) is 9.45. The van der Waals surface area contributed by atoms with Gasteiger partial charge in [-0.15, -0.1) is 0 Å². The molecule has 2 aliphatic rings. The lowest BCUT2D eigenvalue weighted by atomic mass is 9.79. The van der Waals surface area contributed by atoms with Crippen LogP contribution in [0.25, 0.3) is 10.2 Å². The Kier molecular flexibility index (Phi) is 7.10. The number of para-hydroxylation sites is 1. The third-order valence-corrected chi connectivity index (χ3v) is 7.32. The SMILES string of the molecule is CC(=O)Nc1nc2c(Oc3cc(C4(C)C=CC(C(F)(F)F)=CC4)nc(NCC4CCCO4)n3)cccc2s1. The Bertz CT molecular complexity index is 1410. The number of allylic oxidation sites excluding steroid dienone is 4. The Balaban J connectivity index is 1.47. The van der Waals surface area contributed by atoms with Crippen LogP contribution in [-0.4, -0.2) is 46.3 Å². The smallest absolute Gasteiger partial charge is 0.416 e. The molecule has 1 fully saturated rings. The number of carbonyl (C=O) groups is 1. The molecule has 3 heterocycles. The highest BCUT2D eigenvalue weighted by Crippen LogP contribution is 2.40. The third kappa shape index (κ3) is 5.81. The van der Waals surface area contributed by atoms with E-state index in [1.807, 2.05) is 13.0 Å². The molecule has 2 N–H and O–H groups in total. The van der Waals surface area contributed by atoms with E-state index < -0.39 is 17.2 Å². The summed E-state index contributed by atoms with van der Waals surface area (Å²) in [4.78, 5) is 25.1. The van der Waals surface area contributed by atoms with E-state index in [1.165, 1.54) is 30.4 Å². The van der Waals surface area contributed by atoms with E-state index >= 15 is 0 Å². The molecule has 12 heteroatoms. The van der Waals surface area contributed by atoms with Gasteiger partial charge < -0.3 is 20.1 Å². The Morgan fingerprint density at radius 3 is 2.82 bits per heavy atom. The first-order valence-corrected chi connectivity index (χ1v) is 13.0. The molecule has 2 aromatic heterocycles. The number of ether oxygens (including phenoxy) is 2. The van der Waals surface area contributed by atoms with Gasteiger partial charge in [-0.3, -0.25) is 4.79 Å². The molecule has 38 heavy (non-hydrogen) atoms. The molecule has 3 aromatic rings. The van der Waals surface area contributed by atoms with E-state index in [0.29, 0.717) is 35.2 Å². The number of thiazole rings is 1. The Hall–Kier alpha value is -3.51. The summed E-state index contributed by atoms with van der Waals surface area (Å²) in [5.41, 5.74) is -0.420. The van der Waals surface area contributed by atoms with Crippen molar-refractivity contribution in [2.24, 2.45) is 0 Å². The first kappa shape index (κ1) is 26.1. The quantitative estimate of drug-likeness (QED) is 0.368. The summed E-state index contributed by atoms with van der Waals surface area (Å²) < 4.78 is 52.2. The molecule has 1 saturated heterocycles. The highest BCUT2D eigenvalue weighted by Gasteiger charge is 2.37. The van der Waals surface area contributed by atoms with Gasteiger partial charge in [0.15, 0.2) is 10.9 Å². The summed E-state index contributed by atoms with van der Waals surface area (Å²) in [6.45, 7) is 4.43. The van der Waals surface area contributed by atoms with Crippen molar-refractivity contribution in [3.05, 3.63) is 53.8 Å². The second kappa shape index (κ2) is 10.3. The monoisotopic (exact) mass is 545 g/mol. The molecule has 1 aromatic carbocycles. The number of hydrogen-bond donors (Lipinski definition) is 2. The first-order valence-electron chi connectivity index (χ1n) is 12.2. The molecule has 0 bridgehead atoms. The molecule has 200 valence electrons. The van der Waals surface area contributed by atoms with Crippen LogP contribution in [0, 0.1) is 0 Å². The predicted molar refractivity (Wildman–Crippen MR) is 139 cm³/mol. The summed E-state index contributed by atoms with van der Waals surface area (Å²) in [5, 5.41) is 6.32. The van der Waals surface area contributed by atoms with Crippen molar-refractivity contribution in [3.63, 3.8) is 0 Å². The highest BCUT2D eigenvalue weighted by molar-refractivity contribution is 7.22. The summed E-state index contributed by atoms with van der Waals surface area (Å²) in [7, 11) is 0. The molecular formula is C26H26F3N5O3S. The molecule has 1 aliphatic heterocycles. The maximum atomic E-state index is 13.2. The number of nitrogens with one attached hydrogen (secondary N) is 2. The fourth-order valence-corrected chi connectivity index (χ4v) is 5.24. The van der Waals surface area contributed by atoms with Gasteiger partial charge in [-0.1, -0.05) is 42.6 Å². The van der Waals surface area contributed by atoms with Crippen LogP contribution in [0.3, 0.4) is 0 Å². The zero-order chi connectivity index (χ0) is 26.9. The van der Waals surface area contributed by atoms with Crippen molar-refractivity contribution in [2.45, 2.75) is 50.8 Å². The number of aromatic nitrogens is 3. The van der Waals surface area contributed by atoms with E-state index in [9.17, 15) is 18.0 Å². The van der Waals surface area contributed by atoms with Crippen LogP contribution >= 0.6 is 11.3 Å². The van der Waals surface area contributed by atoms with Gasteiger partial charge in [0.1, 0.15) is 5.52 Å². The van der Waals surface area contributed by atoms with Crippen molar-refractivity contribution in [2.75, 3.05) is 23.8 Å². The molecule has 0 radical (unpaired) electrons. The summed E-state index contributed by atoms with van der Waals surface area (Å²) in [6, 6.07) is 7.04. The fraction of sp³-hybridized carbons (Fsp3) is 0.385. The fourth-order valence-electron chi connectivity index (χ4n) is 4.31. The minimum atomic E-state index is -4.41. The highest BCUT2D eigenvalue weighted by atomic mass is 32.1. The number of rotatable bonds is 7. The normalized spacial score (nSPS) is 21.4. The maximum Gasteiger partial charge on any atom is 0.416 e. The minimum absolute atomic E-state index is 0.0324. The third-order valence-electron chi connectivity index (χ3n) is 6.38. The number of fused-ring (bicyclic) bond motifs is 1. The summed E-state index contributed by atoms with van der Waals surface area (Å²) in [6.07, 6.45) is 1.43. The average molecular weight is 546 g/mol.